The lowest BCUT2D eigenvalue weighted by Gasteiger charge is -2.08. The van der Waals surface area contributed by atoms with E-state index in [1.165, 1.54) is 62.7 Å². The number of nitrogens with one attached hydrogen (secondary N) is 1. The number of thiophene rings is 1. The molecular weight excluding hydrogens is 252 g/mol. The number of hydrogen-bond donors (Lipinski definition) is 1. The van der Waals surface area contributed by atoms with Crippen molar-refractivity contribution in [1.29, 1.82) is 0 Å². The lowest BCUT2D eigenvalue weighted by atomic mass is 10.0. The van der Waals surface area contributed by atoms with Crippen molar-refractivity contribution < 1.29 is 0 Å². The van der Waals surface area contributed by atoms with Crippen LogP contribution in [0.3, 0.4) is 0 Å². The standard InChI is InChI=1S/C16H26N2S/c1-3-4-5-6-7-8-9-10-13(2)16-17-14-11-19-12-15(14)18-16/h11-13H,3-10H2,1-2H3,(H,17,18). The number of rotatable bonds is 9. The molecule has 0 aliphatic heterocycles. The van der Waals surface area contributed by atoms with E-state index in [0.29, 0.717) is 5.92 Å². The van der Waals surface area contributed by atoms with Crippen LogP contribution in [0.2, 0.25) is 0 Å². The first-order valence-electron chi connectivity index (χ1n) is 7.73. The van der Waals surface area contributed by atoms with E-state index in [-0.39, 0.29) is 0 Å². The van der Waals surface area contributed by atoms with Crippen molar-refractivity contribution in [1.82, 2.24) is 9.97 Å². The molecule has 0 fully saturated rings. The van der Waals surface area contributed by atoms with Crippen molar-refractivity contribution in [3.05, 3.63) is 16.6 Å². The maximum Gasteiger partial charge on any atom is 0.110 e. The van der Waals surface area contributed by atoms with E-state index in [4.69, 9.17) is 0 Å². The summed E-state index contributed by atoms with van der Waals surface area (Å²) in [7, 11) is 0. The molecule has 2 aromatic rings. The Morgan fingerprint density at radius 3 is 2.58 bits per heavy atom. The van der Waals surface area contributed by atoms with Gasteiger partial charge in [-0.05, 0) is 6.42 Å². The number of fused-ring (bicyclic) bond motifs is 1. The molecule has 0 radical (unpaired) electrons. The van der Waals surface area contributed by atoms with Crippen molar-refractivity contribution in [2.75, 3.05) is 0 Å². The monoisotopic (exact) mass is 278 g/mol. The van der Waals surface area contributed by atoms with Gasteiger partial charge in [0.1, 0.15) is 5.82 Å². The van der Waals surface area contributed by atoms with Crippen LogP contribution in [0.25, 0.3) is 11.0 Å². The van der Waals surface area contributed by atoms with Gasteiger partial charge in [-0.3, -0.25) is 0 Å². The third kappa shape index (κ3) is 4.34. The van der Waals surface area contributed by atoms with Gasteiger partial charge in [-0.1, -0.05) is 58.8 Å². The van der Waals surface area contributed by atoms with Crippen LogP contribution in [-0.2, 0) is 0 Å². The fourth-order valence-corrected chi connectivity index (χ4v) is 3.24. The molecule has 0 spiro atoms. The fourth-order valence-electron chi connectivity index (χ4n) is 2.54. The summed E-state index contributed by atoms with van der Waals surface area (Å²) in [6, 6.07) is 0. The molecule has 106 valence electrons. The summed E-state index contributed by atoms with van der Waals surface area (Å²) in [6.45, 7) is 4.56. The molecular formula is C16H26N2S. The quantitative estimate of drug-likeness (QED) is 0.571. The first-order chi connectivity index (χ1) is 9.31. The van der Waals surface area contributed by atoms with E-state index in [1.807, 2.05) is 0 Å². The Morgan fingerprint density at radius 2 is 1.84 bits per heavy atom. The summed E-state index contributed by atoms with van der Waals surface area (Å²) >= 11 is 1.72. The predicted octanol–water partition coefficient (Wildman–Crippen LogP) is 5.87. The van der Waals surface area contributed by atoms with Crippen LogP contribution in [-0.4, -0.2) is 9.97 Å². The summed E-state index contributed by atoms with van der Waals surface area (Å²) < 4.78 is 0. The Bertz CT molecular complexity index is 443. The molecule has 0 saturated carbocycles. The third-order valence-corrected chi connectivity index (χ3v) is 4.58. The Hall–Kier alpha value is -0.830. The zero-order chi connectivity index (χ0) is 13.5. The molecule has 2 nitrogen and oxygen atoms in total. The van der Waals surface area contributed by atoms with E-state index < -0.39 is 0 Å². The van der Waals surface area contributed by atoms with Crippen molar-refractivity contribution in [2.45, 2.75) is 71.1 Å². The molecule has 1 atom stereocenters. The predicted molar refractivity (Wildman–Crippen MR) is 85.0 cm³/mol. The summed E-state index contributed by atoms with van der Waals surface area (Å²) in [5, 5.41) is 4.27. The first-order valence-corrected chi connectivity index (χ1v) is 8.67. The van der Waals surface area contributed by atoms with Crippen molar-refractivity contribution in [3.63, 3.8) is 0 Å². The maximum atomic E-state index is 4.67. The van der Waals surface area contributed by atoms with Crippen LogP contribution in [0.4, 0.5) is 0 Å². The SMILES string of the molecule is CCCCCCCCCC(C)c1nc2cscc2[nH]1. The van der Waals surface area contributed by atoms with Crippen LogP contribution < -0.4 is 0 Å². The number of unbranched alkanes of at least 4 members (excludes halogenated alkanes) is 6. The number of imidazole rings is 1. The largest absolute Gasteiger partial charge is 0.341 e. The molecule has 0 aromatic carbocycles. The highest BCUT2D eigenvalue weighted by molar-refractivity contribution is 7.09. The Balaban J connectivity index is 1.64. The molecule has 2 heterocycles. The molecule has 2 rings (SSSR count). The van der Waals surface area contributed by atoms with Gasteiger partial charge in [0, 0.05) is 16.7 Å². The van der Waals surface area contributed by atoms with E-state index >= 15 is 0 Å². The van der Waals surface area contributed by atoms with E-state index in [9.17, 15) is 0 Å². The molecule has 1 unspecified atom stereocenters. The molecule has 0 saturated heterocycles. The highest BCUT2D eigenvalue weighted by atomic mass is 32.1. The third-order valence-electron chi connectivity index (χ3n) is 3.85. The molecule has 3 heteroatoms. The Morgan fingerprint density at radius 1 is 1.11 bits per heavy atom. The lowest BCUT2D eigenvalue weighted by Crippen LogP contribution is -1.96. The lowest BCUT2D eigenvalue weighted by molar-refractivity contribution is 0.541. The number of nitrogens with zero attached hydrogens (tertiary/aromatic N) is 1. The molecule has 1 N–H and O–H groups in total. The van der Waals surface area contributed by atoms with Crippen LogP contribution in [0.1, 0.15) is 77.0 Å². The average molecular weight is 278 g/mol. The minimum absolute atomic E-state index is 0.563. The second-order valence-electron chi connectivity index (χ2n) is 5.60. The van der Waals surface area contributed by atoms with Gasteiger partial charge in [0.2, 0.25) is 0 Å². The van der Waals surface area contributed by atoms with Crippen molar-refractivity contribution in [3.8, 4) is 0 Å². The second-order valence-corrected chi connectivity index (χ2v) is 6.35. The summed E-state index contributed by atoms with van der Waals surface area (Å²) in [4.78, 5) is 8.11. The first kappa shape index (κ1) is 14.6. The van der Waals surface area contributed by atoms with Crippen molar-refractivity contribution in [2.24, 2.45) is 0 Å². The highest BCUT2D eigenvalue weighted by Gasteiger charge is 2.10. The highest BCUT2D eigenvalue weighted by Crippen LogP contribution is 2.24. The normalized spacial score (nSPS) is 13.2. The number of aromatic amines is 1. The molecule has 0 bridgehead atoms. The minimum Gasteiger partial charge on any atom is -0.341 e. The molecule has 0 aliphatic carbocycles. The van der Waals surface area contributed by atoms with Gasteiger partial charge < -0.3 is 4.98 Å². The topological polar surface area (TPSA) is 28.7 Å². The van der Waals surface area contributed by atoms with Gasteiger partial charge in [0.15, 0.2) is 0 Å². The van der Waals surface area contributed by atoms with Gasteiger partial charge in [-0.2, -0.15) is 0 Å². The van der Waals surface area contributed by atoms with Crippen LogP contribution in [0.5, 0.6) is 0 Å². The number of aromatic nitrogens is 2. The van der Waals surface area contributed by atoms with Crippen LogP contribution in [0.15, 0.2) is 10.8 Å². The molecule has 0 aliphatic rings. The Kier molecular flexibility index (Phi) is 5.90. The van der Waals surface area contributed by atoms with Gasteiger partial charge in [0.05, 0.1) is 11.0 Å². The van der Waals surface area contributed by atoms with Crippen LogP contribution in [0, 0.1) is 0 Å². The minimum atomic E-state index is 0.563. The van der Waals surface area contributed by atoms with Gasteiger partial charge in [-0.25, -0.2) is 4.98 Å². The van der Waals surface area contributed by atoms with Gasteiger partial charge in [-0.15, -0.1) is 11.3 Å². The fraction of sp³-hybridized carbons (Fsp3) is 0.688. The van der Waals surface area contributed by atoms with Crippen molar-refractivity contribution >= 4 is 22.4 Å². The van der Waals surface area contributed by atoms with Gasteiger partial charge in [0.25, 0.3) is 0 Å². The second kappa shape index (κ2) is 7.68. The number of H-pyrrole nitrogens is 1. The summed E-state index contributed by atoms with van der Waals surface area (Å²) in [5.74, 6) is 1.73. The van der Waals surface area contributed by atoms with Gasteiger partial charge >= 0.3 is 0 Å². The average Bonchev–Trinajstić information content (AvgIpc) is 2.98. The zero-order valence-corrected chi connectivity index (χ0v) is 13.1. The molecule has 2 aromatic heterocycles. The smallest absolute Gasteiger partial charge is 0.110 e. The molecule has 0 amide bonds. The van der Waals surface area contributed by atoms with Crippen LogP contribution >= 0.6 is 11.3 Å². The van der Waals surface area contributed by atoms with E-state index in [0.717, 1.165) is 5.52 Å². The zero-order valence-electron chi connectivity index (χ0n) is 12.2. The molecule has 19 heavy (non-hydrogen) atoms. The summed E-state index contributed by atoms with van der Waals surface area (Å²) in [5.41, 5.74) is 2.33. The Labute approximate surface area is 120 Å². The maximum absolute atomic E-state index is 4.67. The summed E-state index contributed by atoms with van der Waals surface area (Å²) in [6.07, 6.45) is 10.9. The number of hydrogen-bond acceptors (Lipinski definition) is 2. The van der Waals surface area contributed by atoms with E-state index in [2.05, 4.69) is 34.6 Å². The van der Waals surface area contributed by atoms with E-state index in [1.54, 1.807) is 11.3 Å².